The van der Waals surface area contributed by atoms with Gasteiger partial charge in [0.05, 0.1) is 30.6 Å². The van der Waals surface area contributed by atoms with Crippen LogP contribution in [0.2, 0.25) is 0 Å². The molecule has 164 valence electrons. The SMILES string of the molecule is COc1ncc(F)cc1-c1cnn2ccc(N3CCN(C(=O)OC(C)(C)C)CC3)nc12. The van der Waals surface area contributed by atoms with Crippen LogP contribution in [0.1, 0.15) is 20.8 Å². The molecule has 0 saturated carbocycles. The Balaban J connectivity index is 1.57. The van der Waals surface area contributed by atoms with Crippen molar-refractivity contribution < 1.29 is 18.7 Å². The maximum absolute atomic E-state index is 13.8. The standard InChI is InChI=1S/C21H25FN6O3/c1-21(2,3)31-20(29)27-9-7-26(8-10-27)17-5-6-28-18(25-17)16(13-24-28)15-11-14(22)12-23-19(15)30-4/h5-6,11-13H,7-10H2,1-4H3. The lowest BCUT2D eigenvalue weighted by Crippen LogP contribution is -2.50. The van der Waals surface area contributed by atoms with Crippen LogP contribution in [0.25, 0.3) is 16.8 Å². The first-order valence-electron chi connectivity index (χ1n) is 10.0. The van der Waals surface area contributed by atoms with E-state index >= 15 is 0 Å². The van der Waals surface area contributed by atoms with Crippen LogP contribution in [0, 0.1) is 5.82 Å². The molecule has 0 aromatic carbocycles. The van der Waals surface area contributed by atoms with Gasteiger partial charge in [-0.05, 0) is 32.9 Å². The molecule has 4 heterocycles. The van der Waals surface area contributed by atoms with Crippen molar-refractivity contribution in [1.82, 2.24) is 24.5 Å². The van der Waals surface area contributed by atoms with Crippen molar-refractivity contribution in [3.05, 3.63) is 36.5 Å². The van der Waals surface area contributed by atoms with Crippen LogP contribution < -0.4 is 9.64 Å². The Morgan fingerprint density at radius 3 is 2.55 bits per heavy atom. The Labute approximate surface area is 179 Å². The first kappa shape index (κ1) is 20.8. The highest BCUT2D eigenvalue weighted by Crippen LogP contribution is 2.31. The minimum atomic E-state index is -0.522. The van der Waals surface area contributed by atoms with Gasteiger partial charge in [-0.15, -0.1) is 0 Å². The van der Waals surface area contributed by atoms with Gasteiger partial charge in [-0.25, -0.2) is 23.7 Å². The summed E-state index contributed by atoms with van der Waals surface area (Å²) in [6.07, 6.45) is 4.22. The lowest BCUT2D eigenvalue weighted by molar-refractivity contribution is 0.0240. The van der Waals surface area contributed by atoms with E-state index in [1.807, 2.05) is 26.8 Å². The maximum Gasteiger partial charge on any atom is 0.410 e. The average Bonchev–Trinajstić information content (AvgIpc) is 3.15. The highest BCUT2D eigenvalue weighted by atomic mass is 19.1. The highest BCUT2D eigenvalue weighted by molar-refractivity contribution is 5.80. The summed E-state index contributed by atoms with van der Waals surface area (Å²) < 4.78 is 26.2. The van der Waals surface area contributed by atoms with E-state index < -0.39 is 11.4 Å². The number of halogens is 1. The van der Waals surface area contributed by atoms with Gasteiger partial charge in [0.1, 0.15) is 17.2 Å². The molecular weight excluding hydrogens is 403 g/mol. The predicted octanol–water partition coefficient (Wildman–Crippen LogP) is 3.00. The topological polar surface area (TPSA) is 85.1 Å². The normalized spacial score (nSPS) is 14.7. The van der Waals surface area contributed by atoms with Crippen molar-refractivity contribution >= 4 is 17.6 Å². The van der Waals surface area contributed by atoms with Gasteiger partial charge in [0.15, 0.2) is 5.65 Å². The first-order valence-corrected chi connectivity index (χ1v) is 10.0. The van der Waals surface area contributed by atoms with E-state index in [0.717, 1.165) is 12.0 Å². The Morgan fingerprint density at radius 2 is 1.87 bits per heavy atom. The lowest BCUT2D eigenvalue weighted by atomic mass is 10.1. The number of amides is 1. The van der Waals surface area contributed by atoms with Crippen LogP contribution in [0.5, 0.6) is 5.88 Å². The zero-order valence-corrected chi connectivity index (χ0v) is 18.0. The summed E-state index contributed by atoms with van der Waals surface area (Å²) >= 11 is 0. The van der Waals surface area contributed by atoms with Gasteiger partial charge >= 0.3 is 6.09 Å². The summed E-state index contributed by atoms with van der Waals surface area (Å²) in [4.78, 5) is 24.8. The quantitative estimate of drug-likeness (QED) is 0.634. The number of hydrogen-bond acceptors (Lipinski definition) is 7. The molecule has 0 N–H and O–H groups in total. The van der Waals surface area contributed by atoms with E-state index in [1.54, 1.807) is 21.8 Å². The molecule has 0 bridgehead atoms. The average molecular weight is 428 g/mol. The Kier molecular flexibility index (Phi) is 5.38. The van der Waals surface area contributed by atoms with E-state index in [0.29, 0.717) is 48.8 Å². The number of nitrogens with zero attached hydrogens (tertiary/aromatic N) is 6. The van der Waals surface area contributed by atoms with Crippen LogP contribution in [0.15, 0.2) is 30.7 Å². The summed E-state index contributed by atoms with van der Waals surface area (Å²) in [6, 6.07) is 3.23. The van der Waals surface area contributed by atoms with Crippen molar-refractivity contribution in [1.29, 1.82) is 0 Å². The molecule has 1 aliphatic rings. The molecule has 0 aliphatic carbocycles. The second-order valence-corrected chi connectivity index (χ2v) is 8.28. The zero-order chi connectivity index (χ0) is 22.2. The molecule has 1 fully saturated rings. The molecular formula is C21H25FN6O3. The Hall–Kier alpha value is -3.43. The number of anilines is 1. The fraction of sp³-hybridized carbons (Fsp3) is 0.429. The largest absolute Gasteiger partial charge is 0.481 e. The zero-order valence-electron chi connectivity index (χ0n) is 18.0. The molecule has 0 radical (unpaired) electrons. The second-order valence-electron chi connectivity index (χ2n) is 8.28. The number of aromatic nitrogens is 4. The molecule has 1 aliphatic heterocycles. The molecule has 1 saturated heterocycles. The predicted molar refractivity (Wildman–Crippen MR) is 113 cm³/mol. The highest BCUT2D eigenvalue weighted by Gasteiger charge is 2.26. The molecule has 0 spiro atoms. The van der Waals surface area contributed by atoms with Gasteiger partial charge in [-0.1, -0.05) is 0 Å². The van der Waals surface area contributed by atoms with E-state index in [9.17, 15) is 9.18 Å². The smallest absolute Gasteiger partial charge is 0.410 e. The summed E-state index contributed by atoms with van der Waals surface area (Å²) in [7, 11) is 1.48. The fourth-order valence-corrected chi connectivity index (χ4v) is 3.45. The van der Waals surface area contributed by atoms with Gasteiger partial charge in [-0.2, -0.15) is 5.10 Å². The summed E-state index contributed by atoms with van der Waals surface area (Å²) in [5, 5.41) is 4.32. The molecule has 1 amide bonds. The number of pyridine rings is 1. The molecule has 4 rings (SSSR count). The van der Waals surface area contributed by atoms with Gasteiger partial charge in [0, 0.05) is 32.4 Å². The van der Waals surface area contributed by atoms with Crippen molar-refractivity contribution in [3.8, 4) is 17.0 Å². The third kappa shape index (κ3) is 4.37. The number of methoxy groups -OCH3 is 1. The van der Waals surface area contributed by atoms with E-state index in [4.69, 9.17) is 14.5 Å². The molecule has 31 heavy (non-hydrogen) atoms. The van der Waals surface area contributed by atoms with Crippen LogP contribution in [-0.4, -0.2) is 69.5 Å². The molecule has 0 atom stereocenters. The number of fused-ring (bicyclic) bond motifs is 1. The number of rotatable bonds is 3. The number of piperazine rings is 1. The second kappa shape index (κ2) is 8.01. The summed E-state index contributed by atoms with van der Waals surface area (Å²) in [6.45, 7) is 7.88. The van der Waals surface area contributed by atoms with Crippen molar-refractivity contribution in [3.63, 3.8) is 0 Å². The van der Waals surface area contributed by atoms with E-state index in [-0.39, 0.29) is 6.09 Å². The van der Waals surface area contributed by atoms with Crippen LogP contribution in [-0.2, 0) is 4.74 Å². The fourth-order valence-electron chi connectivity index (χ4n) is 3.45. The van der Waals surface area contributed by atoms with Crippen molar-refractivity contribution in [2.45, 2.75) is 26.4 Å². The minimum absolute atomic E-state index is 0.300. The third-order valence-corrected chi connectivity index (χ3v) is 4.91. The number of ether oxygens (including phenoxy) is 2. The van der Waals surface area contributed by atoms with Gasteiger partial charge in [-0.3, -0.25) is 0 Å². The monoisotopic (exact) mass is 428 g/mol. The van der Waals surface area contributed by atoms with Crippen molar-refractivity contribution in [2.75, 3.05) is 38.2 Å². The first-order chi connectivity index (χ1) is 14.7. The van der Waals surface area contributed by atoms with Crippen LogP contribution in [0.4, 0.5) is 15.0 Å². The van der Waals surface area contributed by atoms with E-state index in [1.165, 1.54) is 13.2 Å². The van der Waals surface area contributed by atoms with Crippen molar-refractivity contribution in [2.24, 2.45) is 0 Å². The van der Waals surface area contributed by atoms with Gasteiger partial charge < -0.3 is 19.3 Å². The molecule has 10 heteroatoms. The minimum Gasteiger partial charge on any atom is -0.481 e. The Morgan fingerprint density at radius 1 is 1.13 bits per heavy atom. The maximum atomic E-state index is 13.8. The molecule has 9 nitrogen and oxygen atoms in total. The number of carbonyl (C=O) groups is 1. The summed E-state index contributed by atoms with van der Waals surface area (Å²) in [5.74, 6) is 0.584. The van der Waals surface area contributed by atoms with Crippen LogP contribution in [0.3, 0.4) is 0 Å². The van der Waals surface area contributed by atoms with Gasteiger partial charge in [0.25, 0.3) is 0 Å². The number of carbonyl (C=O) groups excluding carboxylic acids is 1. The lowest BCUT2D eigenvalue weighted by Gasteiger charge is -2.36. The van der Waals surface area contributed by atoms with E-state index in [2.05, 4.69) is 15.0 Å². The third-order valence-electron chi connectivity index (χ3n) is 4.91. The summed E-state index contributed by atoms with van der Waals surface area (Å²) in [5.41, 5.74) is 1.15. The van der Waals surface area contributed by atoms with Crippen LogP contribution >= 0.6 is 0 Å². The molecule has 0 unspecified atom stereocenters. The Bertz CT molecular complexity index is 1100. The molecule has 3 aromatic heterocycles. The molecule has 3 aromatic rings. The number of hydrogen-bond donors (Lipinski definition) is 0. The van der Waals surface area contributed by atoms with Gasteiger partial charge in [0.2, 0.25) is 5.88 Å².